The smallest absolute Gasteiger partial charge is 0.331 e. The number of amides is 3. The Morgan fingerprint density at radius 1 is 0.973 bits per heavy atom. The Labute approximate surface area is 217 Å². The number of para-hydroxylation sites is 1. The second-order valence-corrected chi connectivity index (χ2v) is 9.25. The zero-order chi connectivity index (χ0) is 27.3. The van der Waals surface area contributed by atoms with Gasteiger partial charge in [0.25, 0.3) is 5.91 Å². The number of benzene rings is 2. The number of methoxy groups -OCH3 is 3. The van der Waals surface area contributed by atoms with E-state index in [-0.39, 0.29) is 12.2 Å². The highest BCUT2D eigenvalue weighted by Crippen LogP contribution is 2.40. The summed E-state index contributed by atoms with van der Waals surface area (Å²) in [6.45, 7) is 6.21. The van der Waals surface area contributed by atoms with E-state index in [1.807, 2.05) is 43.3 Å². The fourth-order valence-electron chi connectivity index (χ4n) is 4.17. The molecule has 1 aromatic heterocycles. The van der Waals surface area contributed by atoms with Crippen LogP contribution in [0.3, 0.4) is 0 Å². The zero-order valence-electron chi connectivity index (χ0n) is 22.5. The maximum Gasteiger partial charge on any atom is 0.331 e. The zero-order valence-corrected chi connectivity index (χ0v) is 22.5. The molecule has 37 heavy (non-hydrogen) atoms. The lowest BCUT2D eigenvalue weighted by Gasteiger charge is -2.30. The monoisotopic (exact) mass is 509 g/mol. The first-order valence-corrected chi connectivity index (χ1v) is 12.1. The molecule has 198 valence electrons. The van der Waals surface area contributed by atoms with E-state index in [0.717, 1.165) is 15.8 Å². The van der Waals surface area contributed by atoms with Gasteiger partial charge in [-0.1, -0.05) is 32.0 Å². The van der Waals surface area contributed by atoms with Gasteiger partial charge in [-0.25, -0.2) is 4.79 Å². The summed E-state index contributed by atoms with van der Waals surface area (Å²) in [6.07, 6.45) is 0.691. The average Bonchev–Trinajstić information content (AvgIpc) is 3.25. The molecule has 0 atom stereocenters. The molecule has 9 heteroatoms. The first kappa shape index (κ1) is 27.6. The minimum atomic E-state index is -0.551. The topological polar surface area (TPSA) is 90.3 Å². The summed E-state index contributed by atoms with van der Waals surface area (Å²) < 4.78 is 17.6. The van der Waals surface area contributed by atoms with Gasteiger partial charge in [-0.15, -0.1) is 0 Å². The summed E-state index contributed by atoms with van der Waals surface area (Å²) in [5, 5.41) is 0.772. The molecule has 0 saturated heterocycles. The van der Waals surface area contributed by atoms with Gasteiger partial charge >= 0.3 is 12.0 Å². The van der Waals surface area contributed by atoms with Gasteiger partial charge in [0.15, 0.2) is 0 Å². The summed E-state index contributed by atoms with van der Waals surface area (Å²) in [4.78, 5) is 42.4. The largest absolute Gasteiger partial charge is 0.494 e. The van der Waals surface area contributed by atoms with Crippen molar-refractivity contribution in [2.24, 2.45) is 5.92 Å². The van der Waals surface area contributed by atoms with Crippen molar-refractivity contribution in [3.63, 3.8) is 0 Å². The molecule has 3 aromatic rings. The third-order valence-corrected chi connectivity index (χ3v) is 6.19. The molecule has 0 saturated carbocycles. The van der Waals surface area contributed by atoms with Crippen LogP contribution < -0.4 is 14.4 Å². The van der Waals surface area contributed by atoms with Crippen LogP contribution in [0.5, 0.6) is 11.5 Å². The Balaban J connectivity index is 2.07. The van der Waals surface area contributed by atoms with Crippen LogP contribution in [0.4, 0.5) is 10.5 Å². The number of rotatable bonds is 9. The Hall–Kier alpha value is -4.01. The molecule has 9 nitrogen and oxygen atoms in total. The minimum absolute atomic E-state index is 0.163. The van der Waals surface area contributed by atoms with E-state index >= 15 is 0 Å². The molecule has 0 bridgehead atoms. The highest BCUT2D eigenvalue weighted by molar-refractivity contribution is 6.10. The Morgan fingerprint density at radius 3 is 2.16 bits per heavy atom. The molecule has 0 unspecified atom stereocenters. The van der Waals surface area contributed by atoms with E-state index in [0.29, 0.717) is 41.6 Å². The molecule has 2 aromatic carbocycles. The lowest BCUT2D eigenvalue weighted by atomic mass is 10.1. The van der Waals surface area contributed by atoms with E-state index in [1.54, 1.807) is 10.6 Å². The van der Waals surface area contributed by atoms with Crippen LogP contribution in [0.25, 0.3) is 10.9 Å². The standard InChI is InChI=1S/C28H35N3O6/c1-18(2)12-13-30(26-23(35-5)14-19(3)15-24(26)36-6)28(34)29(4)27(33)22-16-20-10-8-9-11-21(20)31(22)17-25(32)37-7/h8-11,14-16,18H,12-13,17H2,1-7H3. The number of imide groups is 1. The summed E-state index contributed by atoms with van der Waals surface area (Å²) in [6, 6.07) is 12.1. The number of aryl methyl sites for hydroxylation is 1. The predicted molar refractivity (Wildman–Crippen MR) is 143 cm³/mol. The Kier molecular flexibility index (Phi) is 8.81. The van der Waals surface area contributed by atoms with E-state index in [4.69, 9.17) is 14.2 Å². The van der Waals surface area contributed by atoms with E-state index in [2.05, 4.69) is 13.8 Å². The third kappa shape index (κ3) is 5.87. The van der Waals surface area contributed by atoms with Crippen molar-refractivity contribution in [3.8, 4) is 11.5 Å². The van der Waals surface area contributed by atoms with Gasteiger partial charge in [0.05, 0.1) is 21.3 Å². The van der Waals surface area contributed by atoms with E-state index in [1.165, 1.54) is 33.3 Å². The first-order chi connectivity index (χ1) is 17.6. The highest BCUT2D eigenvalue weighted by atomic mass is 16.5. The molecule has 0 aliphatic rings. The quantitative estimate of drug-likeness (QED) is 0.382. The Bertz CT molecular complexity index is 1270. The summed E-state index contributed by atoms with van der Waals surface area (Å²) in [5.74, 6) is 0.187. The SMILES string of the molecule is COC(=O)Cn1c(C(=O)N(C)C(=O)N(CCC(C)C)c2c(OC)cc(C)cc2OC)cc2ccccc21. The molecule has 3 amide bonds. The van der Waals surface area contributed by atoms with Gasteiger partial charge in [0.2, 0.25) is 0 Å². The number of fused-ring (bicyclic) bond motifs is 1. The number of aromatic nitrogens is 1. The van der Waals surface area contributed by atoms with Gasteiger partial charge in [-0.2, -0.15) is 0 Å². The lowest BCUT2D eigenvalue weighted by molar-refractivity contribution is -0.141. The van der Waals surface area contributed by atoms with Crippen LogP contribution in [0.1, 0.15) is 36.3 Å². The fraction of sp³-hybridized carbons (Fsp3) is 0.393. The molecule has 0 aliphatic heterocycles. The van der Waals surface area contributed by atoms with Crippen molar-refractivity contribution >= 4 is 34.5 Å². The fourth-order valence-corrected chi connectivity index (χ4v) is 4.17. The molecule has 0 fully saturated rings. The average molecular weight is 510 g/mol. The van der Waals surface area contributed by atoms with Crippen molar-refractivity contribution in [2.45, 2.75) is 33.7 Å². The first-order valence-electron chi connectivity index (χ1n) is 12.1. The van der Waals surface area contributed by atoms with Crippen molar-refractivity contribution in [3.05, 3.63) is 53.7 Å². The van der Waals surface area contributed by atoms with E-state index < -0.39 is 17.9 Å². The number of anilines is 1. The number of carbonyl (C=O) groups excluding carboxylic acids is 3. The minimum Gasteiger partial charge on any atom is -0.494 e. The van der Waals surface area contributed by atoms with Gasteiger partial charge in [-0.05, 0) is 49.1 Å². The van der Waals surface area contributed by atoms with Gasteiger partial charge in [0, 0.05) is 24.5 Å². The maximum atomic E-state index is 13.9. The van der Waals surface area contributed by atoms with Crippen LogP contribution in [-0.2, 0) is 16.1 Å². The number of hydrogen-bond acceptors (Lipinski definition) is 6. The Morgan fingerprint density at radius 2 is 1.59 bits per heavy atom. The second-order valence-electron chi connectivity index (χ2n) is 9.25. The van der Waals surface area contributed by atoms with Crippen LogP contribution >= 0.6 is 0 Å². The molecular formula is C28H35N3O6. The molecule has 0 spiro atoms. The predicted octanol–water partition coefficient (Wildman–Crippen LogP) is 4.88. The number of urea groups is 1. The third-order valence-electron chi connectivity index (χ3n) is 6.19. The van der Waals surface area contributed by atoms with E-state index in [9.17, 15) is 14.4 Å². The van der Waals surface area contributed by atoms with Crippen LogP contribution in [-0.4, -0.2) is 62.3 Å². The van der Waals surface area contributed by atoms with Crippen molar-refractivity contribution in [1.29, 1.82) is 0 Å². The normalized spacial score (nSPS) is 10.9. The summed E-state index contributed by atoms with van der Waals surface area (Å²) in [5.41, 5.74) is 2.26. The summed E-state index contributed by atoms with van der Waals surface area (Å²) >= 11 is 0. The van der Waals surface area contributed by atoms with Crippen molar-refractivity contribution in [2.75, 3.05) is 39.8 Å². The number of carbonyl (C=O) groups is 3. The maximum absolute atomic E-state index is 13.9. The second kappa shape index (κ2) is 11.8. The van der Waals surface area contributed by atoms with Crippen LogP contribution in [0, 0.1) is 12.8 Å². The lowest BCUT2D eigenvalue weighted by Crippen LogP contribution is -2.45. The van der Waals surface area contributed by atoms with Crippen molar-refractivity contribution in [1.82, 2.24) is 9.47 Å². The number of hydrogen-bond donors (Lipinski definition) is 0. The van der Waals surface area contributed by atoms with Crippen LogP contribution in [0.15, 0.2) is 42.5 Å². The molecular weight excluding hydrogens is 474 g/mol. The highest BCUT2D eigenvalue weighted by Gasteiger charge is 2.31. The van der Waals surface area contributed by atoms with Gasteiger partial charge in [0.1, 0.15) is 29.4 Å². The molecule has 1 heterocycles. The number of nitrogens with zero attached hydrogens (tertiary/aromatic N) is 3. The molecule has 3 rings (SSSR count). The van der Waals surface area contributed by atoms with Crippen molar-refractivity contribution < 1.29 is 28.6 Å². The van der Waals surface area contributed by atoms with Gasteiger partial charge in [-0.3, -0.25) is 19.4 Å². The van der Waals surface area contributed by atoms with Crippen LogP contribution in [0.2, 0.25) is 0 Å². The molecule has 0 N–H and O–H groups in total. The molecule has 0 aliphatic carbocycles. The molecule has 0 radical (unpaired) electrons. The number of ether oxygens (including phenoxy) is 3. The summed E-state index contributed by atoms with van der Waals surface area (Å²) in [7, 11) is 5.78. The van der Waals surface area contributed by atoms with Gasteiger partial charge < -0.3 is 18.8 Å². The number of esters is 1.